The van der Waals surface area contributed by atoms with Gasteiger partial charge in [-0.3, -0.25) is 9.78 Å². The van der Waals surface area contributed by atoms with E-state index in [1.165, 1.54) is 0 Å². The van der Waals surface area contributed by atoms with Gasteiger partial charge in [0.2, 0.25) is 0 Å². The van der Waals surface area contributed by atoms with Crippen molar-refractivity contribution < 1.29 is 0 Å². The number of hydrogen-bond acceptors (Lipinski definition) is 4. The molecule has 2 N–H and O–H groups in total. The molecule has 0 radical (unpaired) electrons. The molecule has 0 amide bonds. The van der Waals surface area contributed by atoms with Gasteiger partial charge in [-0.1, -0.05) is 0 Å². The molecule has 0 unspecified atom stereocenters. The van der Waals surface area contributed by atoms with Crippen LogP contribution in [0.4, 0.5) is 0 Å². The topological polar surface area (TPSA) is 82.3 Å². The van der Waals surface area contributed by atoms with Crippen LogP contribution in [0.5, 0.6) is 0 Å². The van der Waals surface area contributed by atoms with Crippen molar-refractivity contribution in [2.24, 2.45) is 0 Å². The summed E-state index contributed by atoms with van der Waals surface area (Å²) >= 11 is 0. The van der Waals surface area contributed by atoms with Crippen LogP contribution in [-0.2, 0) is 5.54 Å². The van der Waals surface area contributed by atoms with E-state index < -0.39 is 0 Å². The second-order valence-corrected chi connectivity index (χ2v) is 5.15. The predicted octanol–water partition coefficient (Wildman–Crippen LogP) is 1.10. The third-order valence-corrected chi connectivity index (χ3v) is 3.80. The Morgan fingerprint density at radius 3 is 2.79 bits per heavy atom. The van der Waals surface area contributed by atoms with Gasteiger partial charge in [0.15, 0.2) is 0 Å². The number of aryl methyl sites for hydroxylation is 2. The first kappa shape index (κ1) is 11.9. The minimum atomic E-state index is -0.182. The molecule has 2 aromatic heterocycles. The molecule has 0 atom stereocenters. The maximum atomic E-state index is 8.97. The molecule has 0 bridgehead atoms. The molecule has 6 nitrogen and oxygen atoms in total. The van der Waals surface area contributed by atoms with Crippen LogP contribution in [-0.4, -0.2) is 33.1 Å². The molecule has 6 heteroatoms. The minimum absolute atomic E-state index is 0.182. The number of nitrogens with one attached hydrogen (secondary N) is 2. The lowest BCUT2D eigenvalue weighted by Gasteiger charge is -2.41. The van der Waals surface area contributed by atoms with Crippen molar-refractivity contribution in [2.45, 2.75) is 25.8 Å². The Morgan fingerprint density at radius 2 is 2.26 bits per heavy atom. The Hall–Kier alpha value is -2.13. The molecule has 1 aliphatic rings. The fourth-order valence-corrected chi connectivity index (χ4v) is 2.62. The number of rotatable bonds is 3. The SMILES string of the molecule is Cc1n[nH]c(C)c1-c1cnn(C2(CC#N)CNC2)c1. The van der Waals surface area contributed by atoms with Crippen molar-refractivity contribution in [1.82, 2.24) is 25.3 Å². The van der Waals surface area contributed by atoms with E-state index in [9.17, 15) is 0 Å². The molecular formula is C13H16N6. The number of aromatic amines is 1. The van der Waals surface area contributed by atoms with Crippen molar-refractivity contribution in [2.75, 3.05) is 13.1 Å². The van der Waals surface area contributed by atoms with E-state index in [2.05, 4.69) is 26.7 Å². The normalized spacial score (nSPS) is 16.9. The third kappa shape index (κ3) is 1.74. The van der Waals surface area contributed by atoms with Crippen LogP contribution in [0.25, 0.3) is 11.1 Å². The monoisotopic (exact) mass is 256 g/mol. The van der Waals surface area contributed by atoms with E-state index in [0.717, 1.165) is 35.6 Å². The Labute approximate surface area is 111 Å². The van der Waals surface area contributed by atoms with Crippen LogP contribution in [0.2, 0.25) is 0 Å². The van der Waals surface area contributed by atoms with Gasteiger partial charge in [-0.25, -0.2) is 0 Å². The van der Waals surface area contributed by atoms with Gasteiger partial charge < -0.3 is 5.32 Å². The molecule has 3 rings (SSSR count). The highest BCUT2D eigenvalue weighted by Gasteiger charge is 2.39. The molecule has 19 heavy (non-hydrogen) atoms. The van der Waals surface area contributed by atoms with Crippen molar-refractivity contribution in [3.05, 3.63) is 23.8 Å². The lowest BCUT2D eigenvalue weighted by atomic mass is 9.89. The van der Waals surface area contributed by atoms with E-state index in [4.69, 9.17) is 5.26 Å². The van der Waals surface area contributed by atoms with Crippen LogP contribution in [0.15, 0.2) is 12.4 Å². The van der Waals surface area contributed by atoms with Gasteiger partial charge in [-0.2, -0.15) is 15.5 Å². The van der Waals surface area contributed by atoms with Gasteiger partial charge in [-0.15, -0.1) is 0 Å². The highest BCUT2D eigenvalue weighted by atomic mass is 15.4. The number of hydrogen-bond donors (Lipinski definition) is 2. The molecular weight excluding hydrogens is 240 g/mol. The van der Waals surface area contributed by atoms with Gasteiger partial charge in [0.25, 0.3) is 0 Å². The summed E-state index contributed by atoms with van der Waals surface area (Å²) in [5.41, 5.74) is 3.98. The average molecular weight is 256 g/mol. The van der Waals surface area contributed by atoms with Gasteiger partial charge >= 0.3 is 0 Å². The molecule has 3 heterocycles. The smallest absolute Gasteiger partial charge is 0.100 e. The summed E-state index contributed by atoms with van der Waals surface area (Å²) in [6.45, 7) is 5.57. The van der Waals surface area contributed by atoms with E-state index >= 15 is 0 Å². The molecule has 0 saturated carbocycles. The lowest BCUT2D eigenvalue weighted by Crippen LogP contribution is -2.60. The molecule has 0 aliphatic carbocycles. The zero-order valence-corrected chi connectivity index (χ0v) is 11.1. The highest BCUT2D eigenvalue weighted by Crippen LogP contribution is 2.29. The standard InChI is InChI=1S/C13H16N6/c1-9-12(10(2)18-17-9)11-5-16-19(6-11)13(3-4-14)7-15-8-13/h5-6,15H,3,7-8H2,1-2H3,(H,17,18). The van der Waals surface area contributed by atoms with Crippen LogP contribution in [0.3, 0.4) is 0 Å². The number of H-pyrrole nitrogens is 1. The molecule has 0 aromatic carbocycles. The largest absolute Gasteiger partial charge is 0.312 e. The summed E-state index contributed by atoms with van der Waals surface area (Å²) in [7, 11) is 0. The molecule has 1 aliphatic heterocycles. The van der Waals surface area contributed by atoms with Gasteiger partial charge in [0, 0.05) is 36.1 Å². The van der Waals surface area contributed by atoms with E-state index in [1.54, 1.807) is 0 Å². The Morgan fingerprint density at radius 1 is 1.47 bits per heavy atom. The maximum absolute atomic E-state index is 8.97. The van der Waals surface area contributed by atoms with Crippen LogP contribution in [0.1, 0.15) is 17.8 Å². The molecule has 2 aromatic rings. The van der Waals surface area contributed by atoms with Crippen molar-refractivity contribution >= 4 is 0 Å². The fourth-order valence-electron chi connectivity index (χ4n) is 2.62. The highest BCUT2D eigenvalue weighted by molar-refractivity contribution is 5.66. The Kier molecular flexibility index (Phi) is 2.64. The third-order valence-electron chi connectivity index (χ3n) is 3.80. The Balaban J connectivity index is 1.98. The van der Waals surface area contributed by atoms with Crippen molar-refractivity contribution in [3.8, 4) is 17.2 Å². The first-order valence-electron chi connectivity index (χ1n) is 6.31. The minimum Gasteiger partial charge on any atom is -0.312 e. The van der Waals surface area contributed by atoms with Gasteiger partial charge in [0.1, 0.15) is 5.54 Å². The summed E-state index contributed by atoms with van der Waals surface area (Å²) < 4.78 is 1.92. The molecule has 98 valence electrons. The summed E-state index contributed by atoms with van der Waals surface area (Å²) in [5, 5.41) is 23.8. The van der Waals surface area contributed by atoms with Crippen molar-refractivity contribution in [1.29, 1.82) is 5.26 Å². The second-order valence-electron chi connectivity index (χ2n) is 5.15. The van der Waals surface area contributed by atoms with E-state index in [0.29, 0.717) is 6.42 Å². The predicted molar refractivity (Wildman–Crippen MR) is 70.4 cm³/mol. The maximum Gasteiger partial charge on any atom is 0.100 e. The summed E-state index contributed by atoms with van der Waals surface area (Å²) in [6.07, 6.45) is 4.34. The second kappa shape index (κ2) is 4.21. The Bertz CT molecular complexity index is 621. The van der Waals surface area contributed by atoms with Crippen molar-refractivity contribution in [3.63, 3.8) is 0 Å². The van der Waals surface area contributed by atoms with E-state index in [-0.39, 0.29) is 5.54 Å². The van der Waals surface area contributed by atoms with Crippen LogP contribution >= 0.6 is 0 Å². The number of nitriles is 1. The first-order valence-corrected chi connectivity index (χ1v) is 6.31. The summed E-state index contributed by atoms with van der Waals surface area (Å²) in [4.78, 5) is 0. The zero-order chi connectivity index (χ0) is 13.5. The van der Waals surface area contributed by atoms with Gasteiger partial charge in [-0.05, 0) is 13.8 Å². The van der Waals surface area contributed by atoms with E-state index in [1.807, 2.05) is 30.9 Å². The molecule has 0 spiro atoms. The number of aromatic nitrogens is 4. The van der Waals surface area contributed by atoms with Crippen LogP contribution < -0.4 is 5.32 Å². The van der Waals surface area contributed by atoms with Gasteiger partial charge in [0.05, 0.1) is 24.4 Å². The fraction of sp³-hybridized carbons (Fsp3) is 0.462. The van der Waals surface area contributed by atoms with Crippen LogP contribution in [0, 0.1) is 25.2 Å². The molecule has 1 fully saturated rings. The average Bonchev–Trinajstić information content (AvgIpc) is 2.91. The molecule has 1 saturated heterocycles. The zero-order valence-electron chi connectivity index (χ0n) is 11.1. The first-order chi connectivity index (χ1) is 9.16. The summed E-state index contributed by atoms with van der Waals surface area (Å²) in [5.74, 6) is 0. The quantitative estimate of drug-likeness (QED) is 0.861. The lowest BCUT2D eigenvalue weighted by molar-refractivity contribution is 0.160. The summed E-state index contributed by atoms with van der Waals surface area (Å²) in [6, 6.07) is 2.26. The number of nitrogens with zero attached hydrogens (tertiary/aromatic N) is 4.